The van der Waals surface area contributed by atoms with Crippen LogP contribution in [0.3, 0.4) is 0 Å². The molecule has 0 atom stereocenters. The highest BCUT2D eigenvalue weighted by atomic mass is 16.5. The summed E-state index contributed by atoms with van der Waals surface area (Å²) in [6.07, 6.45) is 4.87. The first-order valence-electron chi connectivity index (χ1n) is 9.63. The second-order valence-electron chi connectivity index (χ2n) is 7.40. The number of rotatable bonds is 6. The van der Waals surface area contributed by atoms with Gasteiger partial charge in [-0.1, -0.05) is 0 Å². The van der Waals surface area contributed by atoms with Crippen LogP contribution in [-0.2, 0) is 0 Å². The van der Waals surface area contributed by atoms with Gasteiger partial charge in [0.15, 0.2) is 0 Å². The van der Waals surface area contributed by atoms with Crippen molar-refractivity contribution in [3.05, 3.63) is 24.3 Å². The molecule has 1 N–H and O–H groups in total. The minimum absolute atomic E-state index is 0.374. The minimum atomic E-state index is 0.374. The highest BCUT2D eigenvalue weighted by molar-refractivity contribution is 5.31. The third-order valence-corrected chi connectivity index (χ3v) is 5.78. The maximum Gasteiger partial charge on any atom is 0.119 e. The Morgan fingerprint density at radius 2 is 1.80 bits per heavy atom. The molecule has 0 aromatic heterocycles. The second kappa shape index (κ2) is 8.88. The van der Waals surface area contributed by atoms with Crippen LogP contribution >= 0.6 is 0 Å². The summed E-state index contributed by atoms with van der Waals surface area (Å²) < 4.78 is 11.1. The van der Waals surface area contributed by atoms with E-state index < -0.39 is 0 Å². The molecule has 5 heteroatoms. The van der Waals surface area contributed by atoms with E-state index in [1.807, 2.05) is 24.3 Å². The van der Waals surface area contributed by atoms with Crippen molar-refractivity contribution < 1.29 is 9.47 Å². The van der Waals surface area contributed by atoms with Crippen LogP contribution in [0.1, 0.15) is 25.7 Å². The fourth-order valence-corrected chi connectivity index (χ4v) is 4.16. The molecule has 2 aliphatic heterocycles. The van der Waals surface area contributed by atoms with Crippen molar-refractivity contribution in [2.45, 2.75) is 31.2 Å². The molecule has 5 nitrogen and oxygen atoms in total. The maximum atomic E-state index is 5.88. The number of methoxy groups -OCH3 is 1. The lowest BCUT2D eigenvalue weighted by atomic mass is 9.86. The molecule has 1 aromatic rings. The Morgan fingerprint density at radius 1 is 1.08 bits per heavy atom. The van der Waals surface area contributed by atoms with Crippen molar-refractivity contribution in [3.8, 4) is 11.5 Å². The molecule has 0 saturated carbocycles. The van der Waals surface area contributed by atoms with E-state index in [2.05, 4.69) is 22.2 Å². The maximum absolute atomic E-state index is 5.88. The van der Waals surface area contributed by atoms with Crippen LogP contribution in [-0.4, -0.2) is 75.4 Å². The van der Waals surface area contributed by atoms with Gasteiger partial charge in [-0.15, -0.1) is 0 Å². The van der Waals surface area contributed by atoms with Crippen molar-refractivity contribution in [3.63, 3.8) is 0 Å². The Labute approximate surface area is 152 Å². The lowest BCUT2D eigenvalue weighted by Crippen LogP contribution is -2.57. The SMILES string of the molecule is COc1ccc(OCCCN2CCCN(C)C3(CCNCC3)C2)cc1. The Morgan fingerprint density at radius 3 is 2.52 bits per heavy atom. The van der Waals surface area contributed by atoms with Gasteiger partial charge in [0.2, 0.25) is 0 Å². The van der Waals surface area contributed by atoms with Gasteiger partial charge < -0.3 is 19.7 Å². The minimum Gasteiger partial charge on any atom is -0.497 e. The average Bonchev–Trinajstić information content (AvgIpc) is 2.79. The molecule has 0 bridgehead atoms. The summed E-state index contributed by atoms with van der Waals surface area (Å²) in [6, 6.07) is 7.84. The molecule has 2 heterocycles. The molecule has 140 valence electrons. The Balaban J connectivity index is 1.45. The molecule has 1 aromatic carbocycles. The topological polar surface area (TPSA) is 37.0 Å². The predicted octanol–water partition coefficient (Wildman–Crippen LogP) is 2.22. The number of nitrogens with one attached hydrogen (secondary N) is 1. The standard InChI is InChI=1S/C20H33N3O2/c1-22-13-3-14-23(17-20(22)9-11-21-12-10-20)15-4-16-25-19-7-5-18(24-2)6-8-19/h5-8,21H,3-4,9-17H2,1-2H3. The predicted molar refractivity (Wildman–Crippen MR) is 102 cm³/mol. The van der Waals surface area contributed by atoms with Crippen LogP contribution in [0.25, 0.3) is 0 Å². The molecule has 3 rings (SSSR count). The van der Waals surface area contributed by atoms with Crippen LogP contribution in [0.2, 0.25) is 0 Å². The molecule has 0 aliphatic carbocycles. The van der Waals surface area contributed by atoms with Crippen molar-refractivity contribution in [2.24, 2.45) is 0 Å². The summed E-state index contributed by atoms with van der Waals surface area (Å²) in [5, 5.41) is 3.52. The highest BCUT2D eigenvalue weighted by Gasteiger charge is 2.38. The first-order valence-corrected chi connectivity index (χ1v) is 9.63. The third kappa shape index (κ3) is 4.87. The zero-order valence-corrected chi connectivity index (χ0v) is 15.8. The molecule has 0 radical (unpaired) electrons. The van der Waals surface area contributed by atoms with E-state index in [1.165, 1.54) is 38.9 Å². The van der Waals surface area contributed by atoms with Crippen molar-refractivity contribution >= 4 is 0 Å². The summed E-state index contributed by atoms with van der Waals surface area (Å²) in [7, 11) is 4.01. The van der Waals surface area contributed by atoms with Crippen LogP contribution in [0.4, 0.5) is 0 Å². The zero-order chi connectivity index (χ0) is 17.5. The number of hydrogen-bond donors (Lipinski definition) is 1. The van der Waals surface area contributed by atoms with E-state index >= 15 is 0 Å². The van der Waals surface area contributed by atoms with Crippen LogP contribution in [0.15, 0.2) is 24.3 Å². The van der Waals surface area contributed by atoms with E-state index in [0.717, 1.165) is 44.2 Å². The van der Waals surface area contributed by atoms with E-state index in [0.29, 0.717) is 5.54 Å². The largest absolute Gasteiger partial charge is 0.497 e. The fourth-order valence-electron chi connectivity index (χ4n) is 4.16. The highest BCUT2D eigenvalue weighted by Crippen LogP contribution is 2.28. The Bertz CT molecular complexity index is 514. The van der Waals surface area contributed by atoms with Crippen LogP contribution in [0, 0.1) is 0 Å². The number of benzene rings is 1. The number of ether oxygens (including phenoxy) is 2. The van der Waals surface area contributed by atoms with Gasteiger partial charge in [0, 0.05) is 18.6 Å². The summed E-state index contributed by atoms with van der Waals surface area (Å²) in [6.45, 7) is 7.83. The van der Waals surface area contributed by atoms with Gasteiger partial charge in [-0.2, -0.15) is 0 Å². The lowest BCUT2D eigenvalue weighted by Gasteiger charge is -2.45. The van der Waals surface area contributed by atoms with E-state index in [-0.39, 0.29) is 0 Å². The van der Waals surface area contributed by atoms with Gasteiger partial charge >= 0.3 is 0 Å². The first-order chi connectivity index (χ1) is 12.2. The smallest absolute Gasteiger partial charge is 0.119 e. The fraction of sp³-hybridized carbons (Fsp3) is 0.700. The molecule has 2 fully saturated rings. The molecule has 2 aliphatic rings. The van der Waals surface area contributed by atoms with Crippen LogP contribution < -0.4 is 14.8 Å². The number of piperidine rings is 1. The Kier molecular flexibility index (Phi) is 6.57. The Hall–Kier alpha value is -1.30. The molecular formula is C20H33N3O2. The van der Waals surface area contributed by atoms with E-state index in [4.69, 9.17) is 9.47 Å². The normalized spacial score (nSPS) is 21.8. The summed E-state index contributed by atoms with van der Waals surface area (Å²) in [5.41, 5.74) is 0.374. The lowest BCUT2D eigenvalue weighted by molar-refractivity contribution is 0.0643. The zero-order valence-electron chi connectivity index (χ0n) is 15.8. The molecular weight excluding hydrogens is 314 g/mol. The summed E-state index contributed by atoms with van der Waals surface area (Å²) in [4.78, 5) is 5.29. The van der Waals surface area contributed by atoms with Crippen molar-refractivity contribution in [1.82, 2.24) is 15.1 Å². The third-order valence-electron chi connectivity index (χ3n) is 5.78. The van der Waals surface area contributed by atoms with E-state index in [1.54, 1.807) is 7.11 Å². The van der Waals surface area contributed by atoms with Crippen molar-refractivity contribution in [1.29, 1.82) is 0 Å². The van der Waals surface area contributed by atoms with Crippen LogP contribution in [0.5, 0.6) is 11.5 Å². The van der Waals surface area contributed by atoms with E-state index in [9.17, 15) is 0 Å². The summed E-state index contributed by atoms with van der Waals surface area (Å²) in [5.74, 6) is 1.79. The monoisotopic (exact) mass is 347 g/mol. The number of likely N-dealkylation sites (N-methyl/N-ethyl adjacent to an activating group) is 1. The molecule has 25 heavy (non-hydrogen) atoms. The molecule has 1 spiro atoms. The second-order valence-corrected chi connectivity index (χ2v) is 7.40. The van der Waals surface area contributed by atoms with Gasteiger partial charge in [0.1, 0.15) is 11.5 Å². The van der Waals surface area contributed by atoms with Gasteiger partial charge in [-0.3, -0.25) is 4.90 Å². The molecule has 0 unspecified atom stereocenters. The van der Waals surface area contributed by atoms with Gasteiger partial charge in [-0.05, 0) is 83.2 Å². The average molecular weight is 348 g/mol. The first kappa shape index (κ1) is 18.5. The molecule has 2 saturated heterocycles. The summed E-state index contributed by atoms with van der Waals surface area (Å²) >= 11 is 0. The van der Waals surface area contributed by atoms with Crippen molar-refractivity contribution in [2.75, 3.05) is 60.0 Å². The van der Waals surface area contributed by atoms with Gasteiger partial charge in [-0.25, -0.2) is 0 Å². The van der Waals surface area contributed by atoms with Gasteiger partial charge in [0.05, 0.1) is 13.7 Å². The van der Waals surface area contributed by atoms with Gasteiger partial charge in [0.25, 0.3) is 0 Å². The quantitative estimate of drug-likeness (QED) is 0.799. The molecule has 0 amide bonds. The number of nitrogens with zero attached hydrogens (tertiary/aromatic N) is 2. The number of hydrogen-bond acceptors (Lipinski definition) is 5.